The van der Waals surface area contributed by atoms with Gasteiger partial charge in [-0.05, 0) is 53.8 Å². The number of hydrogen-bond donors (Lipinski definition) is 1. The Morgan fingerprint density at radius 1 is 0.970 bits per heavy atom. The normalized spacial score (nSPS) is 19.3. The Balaban J connectivity index is 1.80. The van der Waals surface area contributed by atoms with Crippen LogP contribution in [-0.2, 0) is 4.79 Å². The predicted octanol–water partition coefficient (Wildman–Crippen LogP) is 6.28. The van der Waals surface area contributed by atoms with E-state index in [4.69, 9.17) is 0 Å². The number of hydrogen-bond acceptors (Lipinski definition) is 3. The van der Waals surface area contributed by atoms with Crippen LogP contribution in [0, 0.1) is 11.2 Å². The van der Waals surface area contributed by atoms with Crippen LogP contribution in [0.15, 0.2) is 90.1 Å². The number of anilines is 2. The second-order valence-corrected chi connectivity index (χ2v) is 9.47. The van der Waals surface area contributed by atoms with E-state index in [9.17, 15) is 14.0 Å². The smallest absolute Gasteiger partial charge is 0.259 e. The average molecular weight is 441 g/mol. The lowest BCUT2D eigenvalue weighted by Crippen LogP contribution is -2.39. The summed E-state index contributed by atoms with van der Waals surface area (Å²) in [6.45, 7) is 4.13. The minimum Gasteiger partial charge on any atom is -0.357 e. The Morgan fingerprint density at radius 3 is 2.45 bits per heavy atom. The number of nitrogens with zero attached hydrogens (tertiary/aromatic N) is 1. The number of carbonyl (C=O) groups excluding carboxylic acids is 2. The maximum Gasteiger partial charge on any atom is 0.259 e. The summed E-state index contributed by atoms with van der Waals surface area (Å²) in [5.74, 6) is -0.678. The summed E-state index contributed by atoms with van der Waals surface area (Å²) in [5.41, 5.74) is 3.57. The van der Waals surface area contributed by atoms with Gasteiger partial charge in [0.1, 0.15) is 5.82 Å². The van der Waals surface area contributed by atoms with Crippen molar-refractivity contribution in [3.63, 3.8) is 0 Å². The Labute approximate surface area is 192 Å². The third kappa shape index (κ3) is 3.84. The van der Waals surface area contributed by atoms with E-state index in [0.717, 1.165) is 11.4 Å². The molecule has 1 atom stereocenters. The molecule has 0 fully saturated rings. The van der Waals surface area contributed by atoms with Gasteiger partial charge in [0.2, 0.25) is 0 Å². The van der Waals surface area contributed by atoms with Gasteiger partial charge in [-0.15, -0.1) is 0 Å². The fraction of sp³-hybridized carbons (Fsp3) is 0.214. The van der Waals surface area contributed by atoms with Gasteiger partial charge in [-0.2, -0.15) is 0 Å². The van der Waals surface area contributed by atoms with Crippen molar-refractivity contribution in [3.05, 3.63) is 107 Å². The molecule has 3 aromatic rings. The SMILES string of the molecule is CC1(C)CC(=O)C2=C(C1)Nc1ccccc1N(C(=O)c1ccccc1)[C@H]2c1cccc(F)c1. The minimum absolute atomic E-state index is 0.0262. The number of ketones is 1. The zero-order chi connectivity index (χ0) is 23.2. The van der Waals surface area contributed by atoms with Crippen LogP contribution < -0.4 is 10.2 Å². The van der Waals surface area contributed by atoms with Gasteiger partial charge in [-0.1, -0.05) is 56.3 Å². The van der Waals surface area contributed by atoms with Crippen molar-refractivity contribution in [3.8, 4) is 0 Å². The summed E-state index contributed by atoms with van der Waals surface area (Å²) in [4.78, 5) is 29.2. The third-order valence-corrected chi connectivity index (χ3v) is 6.30. The highest BCUT2D eigenvalue weighted by molar-refractivity contribution is 6.12. The van der Waals surface area contributed by atoms with E-state index in [0.29, 0.717) is 35.2 Å². The Morgan fingerprint density at radius 2 is 1.70 bits per heavy atom. The zero-order valence-electron chi connectivity index (χ0n) is 18.6. The summed E-state index contributed by atoms with van der Waals surface area (Å²) in [7, 11) is 0. The molecule has 1 amide bonds. The van der Waals surface area contributed by atoms with E-state index < -0.39 is 11.9 Å². The van der Waals surface area contributed by atoms with Crippen molar-refractivity contribution in [1.29, 1.82) is 0 Å². The topological polar surface area (TPSA) is 49.4 Å². The quantitative estimate of drug-likeness (QED) is 0.510. The van der Waals surface area contributed by atoms with Crippen LogP contribution in [-0.4, -0.2) is 11.7 Å². The lowest BCUT2D eigenvalue weighted by molar-refractivity contribution is -0.118. The molecule has 0 aromatic heterocycles. The van der Waals surface area contributed by atoms with Crippen molar-refractivity contribution < 1.29 is 14.0 Å². The summed E-state index contributed by atoms with van der Waals surface area (Å²) >= 11 is 0. The molecule has 166 valence electrons. The van der Waals surface area contributed by atoms with Gasteiger partial charge in [-0.3, -0.25) is 14.5 Å². The second-order valence-electron chi connectivity index (χ2n) is 9.47. The van der Waals surface area contributed by atoms with Gasteiger partial charge < -0.3 is 5.32 Å². The summed E-state index contributed by atoms with van der Waals surface area (Å²) in [6.07, 6.45) is 1.02. The van der Waals surface area contributed by atoms with E-state index in [1.807, 2.05) is 42.5 Å². The van der Waals surface area contributed by atoms with Crippen molar-refractivity contribution in [2.24, 2.45) is 5.41 Å². The molecular weight excluding hydrogens is 415 g/mol. The molecule has 1 heterocycles. The molecule has 1 aliphatic heterocycles. The van der Waals surface area contributed by atoms with Crippen molar-refractivity contribution >= 4 is 23.1 Å². The zero-order valence-corrected chi connectivity index (χ0v) is 18.6. The molecule has 1 N–H and O–H groups in total. The number of nitrogens with one attached hydrogen (secondary N) is 1. The Bertz CT molecular complexity index is 1280. The highest BCUT2D eigenvalue weighted by Crippen LogP contribution is 2.48. The fourth-order valence-corrected chi connectivity index (χ4v) is 4.92. The van der Waals surface area contributed by atoms with Crippen molar-refractivity contribution in [2.75, 3.05) is 10.2 Å². The van der Waals surface area contributed by atoms with E-state index in [1.165, 1.54) is 12.1 Å². The largest absolute Gasteiger partial charge is 0.357 e. The number of allylic oxidation sites excluding steroid dienone is 1. The molecule has 0 bridgehead atoms. The number of carbonyl (C=O) groups is 2. The summed E-state index contributed by atoms with van der Waals surface area (Å²) < 4.78 is 14.4. The van der Waals surface area contributed by atoms with Gasteiger partial charge in [0.25, 0.3) is 5.91 Å². The first-order valence-electron chi connectivity index (χ1n) is 11.1. The molecule has 2 aliphatic rings. The minimum atomic E-state index is -0.747. The van der Waals surface area contributed by atoms with Crippen molar-refractivity contribution in [2.45, 2.75) is 32.7 Å². The van der Waals surface area contributed by atoms with Gasteiger partial charge in [-0.25, -0.2) is 4.39 Å². The number of benzene rings is 3. The maximum atomic E-state index is 14.4. The number of fused-ring (bicyclic) bond motifs is 1. The van der Waals surface area contributed by atoms with E-state index >= 15 is 0 Å². The number of para-hydroxylation sites is 2. The van der Waals surface area contributed by atoms with Crippen LogP contribution in [0.3, 0.4) is 0 Å². The molecule has 0 saturated carbocycles. The molecule has 33 heavy (non-hydrogen) atoms. The molecule has 5 rings (SSSR count). The summed E-state index contributed by atoms with van der Waals surface area (Å²) in [6, 6.07) is 22.0. The molecule has 5 heteroatoms. The molecule has 0 saturated heterocycles. The van der Waals surface area contributed by atoms with Gasteiger partial charge in [0.15, 0.2) is 5.78 Å². The monoisotopic (exact) mass is 440 g/mol. The number of halogens is 1. The highest BCUT2D eigenvalue weighted by Gasteiger charge is 2.43. The Kier molecular flexibility index (Phi) is 5.12. The van der Waals surface area contributed by atoms with Crippen LogP contribution in [0.5, 0.6) is 0 Å². The first kappa shape index (κ1) is 21.1. The molecule has 0 unspecified atom stereocenters. The third-order valence-electron chi connectivity index (χ3n) is 6.30. The van der Waals surface area contributed by atoms with Gasteiger partial charge in [0.05, 0.1) is 17.4 Å². The molecule has 3 aromatic carbocycles. The standard InChI is InChI=1S/C28H25FN2O2/c1-28(2)16-22-25(24(32)17-28)26(19-11-8-12-20(29)15-19)31(23-14-7-6-13-21(23)30-22)27(33)18-9-4-3-5-10-18/h3-15,26,30H,16-17H2,1-2H3/t26-/m0/s1. The first-order valence-corrected chi connectivity index (χ1v) is 11.1. The molecule has 4 nitrogen and oxygen atoms in total. The molecular formula is C28H25FN2O2. The summed E-state index contributed by atoms with van der Waals surface area (Å²) in [5, 5.41) is 3.47. The number of rotatable bonds is 2. The van der Waals surface area contributed by atoms with Gasteiger partial charge >= 0.3 is 0 Å². The predicted molar refractivity (Wildman–Crippen MR) is 128 cm³/mol. The molecule has 1 aliphatic carbocycles. The van der Waals surface area contributed by atoms with Crippen LogP contribution in [0.1, 0.15) is 48.7 Å². The van der Waals surface area contributed by atoms with Crippen molar-refractivity contribution in [1.82, 2.24) is 0 Å². The lowest BCUT2D eigenvalue weighted by Gasteiger charge is -2.37. The molecule has 0 spiro atoms. The average Bonchev–Trinajstić information content (AvgIpc) is 2.92. The van der Waals surface area contributed by atoms with E-state index in [1.54, 1.807) is 29.2 Å². The number of Topliss-reactive ketones (excluding diaryl/α,β-unsaturated/α-hetero) is 1. The van der Waals surface area contributed by atoms with Crippen LogP contribution in [0.4, 0.5) is 15.8 Å². The van der Waals surface area contributed by atoms with Gasteiger partial charge in [0, 0.05) is 23.3 Å². The number of amides is 1. The van der Waals surface area contributed by atoms with E-state index in [-0.39, 0.29) is 17.1 Å². The second kappa shape index (κ2) is 8.00. The van der Waals surface area contributed by atoms with Crippen LogP contribution in [0.25, 0.3) is 0 Å². The van der Waals surface area contributed by atoms with Crippen LogP contribution in [0.2, 0.25) is 0 Å². The van der Waals surface area contributed by atoms with Crippen LogP contribution >= 0.6 is 0 Å². The maximum absolute atomic E-state index is 14.4. The lowest BCUT2D eigenvalue weighted by atomic mass is 9.73. The molecule has 0 radical (unpaired) electrons. The Hall–Kier alpha value is -3.73. The van der Waals surface area contributed by atoms with E-state index in [2.05, 4.69) is 19.2 Å². The highest BCUT2D eigenvalue weighted by atomic mass is 19.1. The fourth-order valence-electron chi connectivity index (χ4n) is 4.92. The first-order chi connectivity index (χ1) is 15.8.